The Hall–Kier alpha value is -2.70. The van der Waals surface area contributed by atoms with E-state index in [4.69, 9.17) is 0 Å². The summed E-state index contributed by atoms with van der Waals surface area (Å²) in [6.45, 7) is 0. The van der Waals surface area contributed by atoms with Crippen LogP contribution in [-0.4, -0.2) is 40.7 Å². The first-order valence-electron chi connectivity index (χ1n) is 6.41. The number of carboxylic acid groups (broad SMARTS) is 1. The minimum Gasteiger partial charge on any atom is -0.479 e. The van der Waals surface area contributed by atoms with Gasteiger partial charge in [-0.05, 0) is 5.56 Å². The highest BCUT2D eigenvalue weighted by Crippen LogP contribution is 2.14. The number of rotatable bonds is 4. The maximum Gasteiger partial charge on any atom is 0.330 e. The van der Waals surface area contributed by atoms with Crippen LogP contribution in [0.2, 0.25) is 0 Å². The van der Waals surface area contributed by atoms with E-state index in [1.807, 2.05) is 0 Å². The Morgan fingerprint density at radius 1 is 1.29 bits per heavy atom. The Bertz CT molecular complexity index is 597. The number of hydrazone groups is 1. The van der Waals surface area contributed by atoms with Crippen LogP contribution < -0.4 is 5.32 Å². The number of carbonyl (C=O) groups is 3. The summed E-state index contributed by atoms with van der Waals surface area (Å²) in [5, 5.41) is 16.6. The van der Waals surface area contributed by atoms with Gasteiger partial charge in [0, 0.05) is 19.9 Å². The standard InChI is InChI=1S/C14H15N3O4/c1-17-11(18)8-7-10(16-17)13(19)15-12(14(20)21)9-5-3-2-4-6-9/h2-6,12H,7-8H2,1H3,(H,15,19)(H,20,21). The van der Waals surface area contributed by atoms with Crippen LogP contribution in [0.5, 0.6) is 0 Å². The molecular formula is C14H15N3O4. The summed E-state index contributed by atoms with van der Waals surface area (Å²) < 4.78 is 0. The molecule has 1 aliphatic heterocycles. The zero-order chi connectivity index (χ0) is 15.4. The largest absolute Gasteiger partial charge is 0.479 e. The monoisotopic (exact) mass is 289 g/mol. The molecule has 0 saturated heterocycles. The molecule has 0 radical (unpaired) electrons. The number of benzene rings is 1. The number of hydrogen-bond acceptors (Lipinski definition) is 4. The average molecular weight is 289 g/mol. The van der Waals surface area contributed by atoms with Crippen molar-refractivity contribution in [2.45, 2.75) is 18.9 Å². The summed E-state index contributed by atoms with van der Waals surface area (Å²) in [6, 6.07) is 7.25. The minimum atomic E-state index is -1.16. The fourth-order valence-corrected chi connectivity index (χ4v) is 1.98. The third-order valence-corrected chi connectivity index (χ3v) is 3.12. The van der Waals surface area contributed by atoms with E-state index >= 15 is 0 Å². The number of aliphatic carboxylic acids is 1. The molecule has 0 bridgehead atoms. The van der Waals surface area contributed by atoms with E-state index in [2.05, 4.69) is 10.4 Å². The molecule has 1 aromatic rings. The molecule has 2 N–H and O–H groups in total. The van der Waals surface area contributed by atoms with E-state index in [-0.39, 0.29) is 24.5 Å². The first kappa shape index (κ1) is 14.7. The Labute approximate surface area is 121 Å². The topological polar surface area (TPSA) is 99.1 Å². The summed E-state index contributed by atoms with van der Waals surface area (Å²) >= 11 is 0. The number of amides is 2. The lowest BCUT2D eigenvalue weighted by atomic mass is 10.1. The predicted octanol–water partition coefficient (Wildman–Crippen LogP) is 0.537. The van der Waals surface area contributed by atoms with Crippen molar-refractivity contribution in [3.8, 4) is 0 Å². The normalized spacial score (nSPS) is 16.1. The third-order valence-electron chi connectivity index (χ3n) is 3.12. The minimum absolute atomic E-state index is 0.152. The molecule has 1 heterocycles. The van der Waals surface area contributed by atoms with Crippen molar-refractivity contribution >= 4 is 23.5 Å². The van der Waals surface area contributed by atoms with Gasteiger partial charge in [0.25, 0.3) is 5.91 Å². The number of nitrogens with one attached hydrogen (secondary N) is 1. The van der Waals surface area contributed by atoms with E-state index in [0.717, 1.165) is 5.01 Å². The molecule has 1 atom stereocenters. The van der Waals surface area contributed by atoms with Crippen molar-refractivity contribution in [2.75, 3.05) is 7.05 Å². The van der Waals surface area contributed by atoms with Gasteiger partial charge in [-0.1, -0.05) is 30.3 Å². The van der Waals surface area contributed by atoms with Crippen LogP contribution in [0.3, 0.4) is 0 Å². The summed E-state index contributed by atoms with van der Waals surface area (Å²) in [4.78, 5) is 34.7. The molecule has 110 valence electrons. The van der Waals surface area contributed by atoms with Gasteiger partial charge in [0.05, 0.1) is 0 Å². The molecule has 7 nitrogen and oxygen atoms in total. The molecule has 1 unspecified atom stereocenters. The zero-order valence-electron chi connectivity index (χ0n) is 11.4. The first-order chi connectivity index (χ1) is 9.99. The Morgan fingerprint density at radius 2 is 1.95 bits per heavy atom. The van der Waals surface area contributed by atoms with Crippen molar-refractivity contribution in [2.24, 2.45) is 5.10 Å². The summed E-state index contributed by atoms with van der Waals surface area (Å²) in [6.07, 6.45) is 0.391. The van der Waals surface area contributed by atoms with E-state index < -0.39 is 17.9 Å². The van der Waals surface area contributed by atoms with Crippen molar-refractivity contribution in [3.63, 3.8) is 0 Å². The molecule has 21 heavy (non-hydrogen) atoms. The predicted molar refractivity (Wildman–Crippen MR) is 74.4 cm³/mol. The van der Waals surface area contributed by atoms with Crippen LogP contribution >= 0.6 is 0 Å². The molecule has 0 saturated carbocycles. The Morgan fingerprint density at radius 3 is 2.52 bits per heavy atom. The lowest BCUT2D eigenvalue weighted by Gasteiger charge is -2.20. The smallest absolute Gasteiger partial charge is 0.330 e. The Balaban J connectivity index is 2.15. The molecule has 0 aromatic heterocycles. The quantitative estimate of drug-likeness (QED) is 0.844. The molecule has 0 fully saturated rings. The molecule has 2 amide bonds. The van der Waals surface area contributed by atoms with Crippen LogP contribution in [0, 0.1) is 0 Å². The van der Waals surface area contributed by atoms with E-state index in [9.17, 15) is 19.5 Å². The third kappa shape index (κ3) is 3.44. The van der Waals surface area contributed by atoms with Crippen LogP contribution in [-0.2, 0) is 14.4 Å². The van der Waals surface area contributed by atoms with Gasteiger partial charge in [0.15, 0.2) is 6.04 Å². The fourth-order valence-electron chi connectivity index (χ4n) is 1.98. The highest BCUT2D eigenvalue weighted by atomic mass is 16.4. The second-order valence-corrected chi connectivity index (χ2v) is 4.62. The van der Waals surface area contributed by atoms with Gasteiger partial charge in [-0.2, -0.15) is 5.10 Å². The van der Waals surface area contributed by atoms with Crippen LogP contribution in [0.25, 0.3) is 0 Å². The molecule has 0 aliphatic carbocycles. The Kier molecular flexibility index (Phi) is 4.32. The van der Waals surface area contributed by atoms with Crippen molar-refractivity contribution in [1.82, 2.24) is 10.3 Å². The summed E-state index contributed by atoms with van der Waals surface area (Å²) in [5.41, 5.74) is 0.624. The lowest BCUT2D eigenvalue weighted by molar-refractivity contribution is -0.141. The van der Waals surface area contributed by atoms with Gasteiger partial charge < -0.3 is 10.4 Å². The number of carboxylic acids is 1. The van der Waals surface area contributed by atoms with Gasteiger partial charge in [-0.25, -0.2) is 9.80 Å². The van der Waals surface area contributed by atoms with Gasteiger partial charge in [-0.3, -0.25) is 9.59 Å². The number of carbonyl (C=O) groups excluding carboxylic acids is 2. The van der Waals surface area contributed by atoms with Gasteiger partial charge in [0.2, 0.25) is 5.91 Å². The van der Waals surface area contributed by atoms with Crippen LogP contribution in [0.15, 0.2) is 35.4 Å². The molecule has 7 heteroatoms. The van der Waals surface area contributed by atoms with E-state index in [1.165, 1.54) is 7.05 Å². The van der Waals surface area contributed by atoms with Crippen molar-refractivity contribution < 1.29 is 19.5 Å². The number of hydrogen-bond donors (Lipinski definition) is 2. The van der Waals surface area contributed by atoms with Crippen molar-refractivity contribution in [3.05, 3.63) is 35.9 Å². The average Bonchev–Trinajstić information content (AvgIpc) is 2.48. The van der Waals surface area contributed by atoms with Gasteiger partial charge >= 0.3 is 5.97 Å². The number of nitrogens with zero attached hydrogens (tertiary/aromatic N) is 2. The van der Waals surface area contributed by atoms with Gasteiger partial charge in [0.1, 0.15) is 5.71 Å². The second-order valence-electron chi connectivity index (χ2n) is 4.62. The SMILES string of the molecule is CN1N=C(C(=O)NC(C(=O)O)c2ccccc2)CCC1=O. The first-order valence-corrected chi connectivity index (χ1v) is 6.41. The van der Waals surface area contributed by atoms with Gasteiger partial charge in [-0.15, -0.1) is 0 Å². The maximum atomic E-state index is 12.1. The van der Waals surface area contributed by atoms with Crippen molar-refractivity contribution in [1.29, 1.82) is 0 Å². The maximum absolute atomic E-state index is 12.1. The molecular weight excluding hydrogens is 274 g/mol. The highest BCUT2D eigenvalue weighted by molar-refractivity contribution is 6.39. The fraction of sp³-hybridized carbons (Fsp3) is 0.286. The highest BCUT2D eigenvalue weighted by Gasteiger charge is 2.27. The lowest BCUT2D eigenvalue weighted by Crippen LogP contribution is -2.41. The molecule has 1 aliphatic rings. The van der Waals surface area contributed by atoms with E-state index in [1.54, 1.807) is 30.3 Å². The zero-order valence-corrected chi connectivity index (χ0v) is 11.4. The second kappa shape index (κ2) is 6.17. The molecule has 1 aromatic carbocycles. The van der Waals surface area contributed by atoms with E-state index in [0.29, 0.717) is 5.56 Å². The van der Waals surface area contributed by atoms with Crippen LogP contribution in [0.4, 0.5) is 0 Å². The summed E-state index contributed by atoms with van der Waals surface area (Å²) in [7, 11) is 1.46. The molecule has 2 rings (SSSR count). The molecule has 0 spiro atoms. The van der Waals surface area contributed by atoms with Crippen LogP contribution in [0.1, 0.15) is 24.4 Å². The summed E-state index contributed by atoms with van der Waals surface area (Å²) in [5.74, 6) is -1.91.